The second-order valence-corrected chi connectivity index (χ2v) is 7.19. The average molecular weight is 469 g/mol. The fourth-order valence-corrected chi connectivity index (χ4v) is 3.92. The molecule has 0 amide bonds. The number of nitrogens with zero attached hydrogens (tertiary/aromatic N) is 3. The maximum absolute atomic E-state index is 14.2. The molecule has 0 saturated heterocycles. The number of anilines is 1. The molecule has 3 rings (SSSR count). The van der Waals surface area contributed by atoms with Crippen molar-refractivity contribution in [2.45, 2.75) is 43.9 Å². The Bertz CT molecular complexity index is 753. The Balaban J connectivity index is 2.19. The first-order valence-electron chi connectivity index (χ1n) is 7.70. The van der Waals surface area contributed by atoms with Gasteiger partial charge in [-0.25, -0.2) is 9.38 Å². The monoisotopic (exact) mass is 469 g/mol. The van der Waals surface area contributed by atoms with Gasteiger partial charge in [0.15, 0.2) is 0 Å². The zero-order valence-electron chi connectivity index (χ0n) is 13.1. The average Bonchev–Trinajstić information content (AvgIpc) is 2.50. The van der Waals surface area contributed by atoms with Gasteiger partial charge in [0.2, 0.25) is 11.9 Å². The van der Waals surface area contributed by atoms with E-state index in [1.807, 2.05) is 0 Å². The zero-order chi connectivity index (χ0) is 18.4. The van der Waals surface area contributed by atoms with Crippen LogP contribution in [0.15, 0.2) is 22.1 Å². The van der Waals surface area contributed by atoms with Crippen LogP contribution >= 0.6 is 22.6 Å². The fourth-order valence-electron chi connectivity index (χ4n) is 3.37. The first-order chi connectivity index (χ1) is 11.6. The summed E-state index contributed by atoms with van der Waals surface area (Å²) in [6.07, 6.45) is -0.952. The molecule has 10 heteroatoms. The number of rotatable bonds is 1. The van der Waals surface area contributed by atoms with Gasteiger partial charge in [-0.05, 0) is 60.4 Å². The van der Waals surface area contributed by atoms with Gasteiger partial charge in [-0.1, -0.05) is 6.42 Å². The molecular weight excluding hydrogens is 453 g/mol. The summed E-state index contributed by atoms with van der Waals surface area (Å²) in [5.41, 5.74) is 9.73. The van der Waals surface area contributed by atoms with Crippen LogP contribution in [0.25, 0.3) is 0 Å². The van der Waals surface area contributed by atoms with Gasteiger partial charge in [0.05, 0.1) is 14.8 Å². The number of benzene rings is 1. The molecule has 1 aliphatic carbocycles. The lowest BCUT2D eigenvalue weighted by Crippen LogP contribution is -2.58. The van der Waals surface area contributed by atoms with Gasteiger partial charge >= 0.3 is 6.18 Å². The van der Waals surface area contributed by atoms with Crippen LogP contribution in [-0.2, 0) is 6.18 Å². The molecule has 1 fully saturated rings. The molecule has 0 unspecified atom stereocenters. The Morgan fingerprint density at radius 1 is 1.12 bits per heavy atom. The van der Waals surface area contributed by atoms with E-state index in [1.54, 1.807) is 22.6 Å². The highest BCUT2D eigenvalue weighted by atomic mass is 127. The van der Waals surface area contributed by atoms with Gasteiger partial charge in [-0.15, -0.1) is 0 Å². The van der Waals surface area contributed by atoms with Crippen molar-refractivity contribution in [3.8, 4) is 0 Å². The lowest BCUT2D eigenvalue weighted by Gasteiger charge is -2.46. The molecule has 1 heterocycles. The molecule has 1 aliphatic heterocycles. The highest BCUT2D eigenvalue weighted by molar-refractivity contribution is 14.1. The summed E-state index contributed by atoms with van der Waals surface area (Å²) in [4.78, 5) is 9.69. The molecule has 0 atom stereocenters. The van der Waals surface area contributed by atoms with Gasteiger partial charge in [-0.2, -0.15) is 18.2 Å². The van der Waals surface area contributed by atoms with Crippen molar-refractivity contribution in [1.82, 2.24) is 0 Å². The largest absolute Gasteiger partial charge is 0.416 e. The molecule has 1 aromatic carbocycles. The first-order valence-corrected chi connectivity index (χ1v) is 8.78. The predicted octanol–water partition coefficient (Wildman–Crippen LogP) is 3.56. The Kier molecular flexibility index (Phi) is 4.58. The van der Waals surface area contributed by atoms with E-state index in [1.165, 1.54) is 4.90 Å². The molecule has 136 valence electrons. The minimum Gasteiger partial charge on any atom is -0.369 e. The van der Waals surface area contributed by atoms with Crippen molar-refractivity contribution in [3.63, 3.8) is 0 Å². The molecule has 0 bridgehead atoms. The maximum Gasteiger partial charge on any atom is 0.416 e. The predicted molar refractivity (Wildman–Crippen MR) is 95.7 cm³/mol. The number of aliphatic imine (C=N–C) groups is 2. The van der Waals surface area contributed by atoms with Crippen LogP contribution < -0.4 is 16.4 Å². The highest BCUT2D eigenvalue weighted by Gasteiger charge is 2.44. The van der Waals surface area contributed by atoms with E-state index in [0.717, 1.165) is 25.3 Å². The molecule has 5 nitrogen and oxygen atoms in total. The summed E-state index contributed by atoms with van der Waals surface area (Å²) in [6, 6.07) is 1.37. The van der Waals surface area contributed by atoms with E-state index in [4.69, 9.17) is 11.5 Å². The minimum absolute atomic E-state index is 0.00678. The van der Waals surface area contributed by atoms with Gasteiger partial charge in [0.25, 0.3) is 0 Å². The van der Waals surface area contributed by atoms with Gasteiger partial charge in [-0.3, -0.25) is 4.90 Å². The van der Waals surface area contributed by atoms with Crippen molar-refractivity contribution in [2.75, 3.05) is 4.90 Å². The first kappa shape index (κ1) is 18.2. The van der Waals surface area contributed by atoms with Gasteiger partial charge < -0.3 is 11.5 Å². The Labute approximate surface area is 155 Å². The summed E-state index contributed by atoms with van der Waals surface area (Å²) < 4.78 is 53.7. The third-order valence-electron chi connectivity index (χ3n) is 4.43. The molecule has 0 radical (unpaired) electrons. The number of hydrogen-bond acceptors (Lipinski definition) is 5. The highest BCUT2D eigenvalue weighted by Crippen LogP contribution is 2.43. The van der Waals surface area contributed by atoms with Crippen molar-refractivity contribution < 1.29 is 17.6 Å². The van der Waals surface area contributed by atoms with Gasteiger partial charge in [0.1, 0.15) is 11.5 Å². The third kappa shape index (κ3) is 3.27. The van der Waals surface area contributed by atoms with Crippen molar-refractivity contribution in [1.29, 1.82) is 0 Å². The van der Waals surface area contributed by atoms with E-state index < -0.39 is 23.2 Å². The van der Waals surface area contributed by atoms with Crippen LogP contribution in [0.4, 0.5) is 23.2 Å². The van der Waals surface area contributed by atoms with Crippen LogP contribution in [0.2, 0.25) is 0 Å². The van der Waals surface area contributed by atoms with E-state index >= 15 is 0 Å². The zero-order valence-corrected chi connectivity index (χ0v) is 15.2. The summed E-state index contributed by atoms with van der Waals surface area (Å²) in [5, 5.41) is 0. The van der Waals surface area contributed by atoms with Crippen LogP contribution in [0, 0.1) is 9.39 Å². The van der Waals surface area contributed by atoms with Crippen molar-refractivity contribution in [2.24, 2.45) is 21.5 Å². The standard InChI is InChI=1S/C15H16F4IN5/c16-9-6-8(15(17,18)19)7-10(11(9)20)25-13(22)23-12(21)24-14(25)4-2-1-3-5-14/h6-7H,1-5H2,(H4,21,22,23,24). The van der Waals surface area contributed by atoms with Crippen molar-refractivity contribution >= 4 is 40.2 Å². The summed E-state index contributed by atoms with van der Waals surface area (Å²) in [5.74, 6) is -1.06. The second kappa shape index (κ2) is 6.29. The molecule has 1 spiro atoms. The van der Waals surface area contributed by atoms with E-state index in [0.29, 0.717) is 18.9 Å². The quantitative estimate of drug-likeness (QED) is 0.488. The number of guanidine groups is 2. The molecule has 1 saturated carbocycles. The van der Waals surface area contributed by atoms with E-state index in [9.17, 15) is 17.6 Å². The molecule has 25 heavy (non-hydrogen) atoms. The number of halogens is 5. The van der Waals surface area contributed by atoms with Crippen LogP contribution in [0.1, 0.15) is 37.7 Å². The van der Waals surface area contributed by atoms with E-state index in [2.05, 4.69) is 9.98 Å². The molecule has 4 N–H and O–H groups in total. The lowest BCUT2D eigenvalue weighted by atomic mass is 9.87. The fraction of sp³-hybridized carbons (Fsp3) is 0.467. The topological polar surface area (TPSA) is 80.0 Å². The Morgan fingerprint density at radius 2 is 1.76 bits per heavy atom. The minimum atomic E-state index is -4.68. The Morgan fingerprint density at radius 3 is 2.36 bits per heavy atom. The lowest BCUT2D eigenvalue weighted by molar-refractivity contribution is -0.137. The Hall–Kier alpha value is -1.59. The molecule has 0 aromatic heterocycles. The third-order valence-corrected chi connectivity index (χ3v) is 5.50. The summed E-state index contributed by atoms with van der Waals surface area (Å²) in [7, 11) is 0. The van der Waals surface area contributed by atoms with E-state index in [-0.39, 0.29) is 21.2 Å². The van der Waals surface area contributed by atoms with Gasteiger partial charge in [0, 0.05) is 0 Å². The second-order valence-electron chi connectivity index (χ2n) is 6.11. The molecular formula is C15H16F4IN5. The number of alkyl halides is 3. The van der Waals surface area contributed by atoms with Crippen LogP contribution in [0.5, 0.6) is 0 Å². The molecule has 2 aliphatic rings. The maximum atomic E-state index is 14.2. The smallest absolute Gasteiger partial charge is 0.369 e. The summed E-state index contributed by atoms with van der Waals surface area (Å²) in [6.45, 7) is 0. The van der Waals surface area contributed by atoms with Crippen LogP contribution in [0.3, 0.4) is 0 Å². The molecule has 1 aromatic rings. The number of nitrogens with two attached hydrogens (primary N) is 2. The normalized spacial score (nSPS) is 20.4. The van der Waals surface area contributed by atoms with Crippen molar-refractivity contribution in [3.05, 3.63) is 27.1 Å². The van der Waals surface area contributed by atoms with Crippen LogP contribution in [-0.4, -0.2) is 17.6 Å². The SMILES string of the molecule is NC1=NC2(CCCCC2)N(c2cc(C(F)(F)F)cc(F)c2I)C(N)=N1. The number of hydrogen-bond donors (Lipinski definition) is 2. The summed E-state index contributed by atoms with van der Waals surface area (Å²) >= 11 is 1.67.